The highest BCUT2D eigenvalue weighted by Crippen LogP contribution is 2.23. The molecule has 0 spiro atoms. The van der Waals surface area contributed by atoms with Gasteiger partial charge in [-0.1, -0.05) is 0 Å². The lowest BCUT2D eigenvalue weighted by molar-refractivity contribution is 0.464. The van der Waals surface area contributed by atoms with E-state index in [1.165, 1.54) is 0 Å². The lowest BCUT2D eigenvalue weighted by Crippen LogP contribution is -2.12. The van der Waals surface area contributed by atoms with Crippen LogP contribution in [0.3, 0.4) is 0 Å². The molecule has 0 aromatic heterocycles. The first kappa shape index (κ1) is 14.3. The lowest BCUT2D eigenvalue weighted by Gasteiger charge is -2.08. The first-order valence-electron chi connectivity index (χ1n) is 5.14. The highest BCUT2D eigenvalue weighted by molar-refractivity contribution is 7.87. The molecule has 0 radical (unpaired) electrons. The largest absolute Gasteiger partial charge is 0.379 e. The van der Waals surface area contributed by atoms with E-state index in [0.717, 1.165) is 12.1 Å². The van der Waals surface area contributed by atoms with Crippen LogP contribution in [0.1, 0.15) is 0 Å². The van der Waals surface area contributed by atoms with Crippen molar-refractivity contribution in [3.8, 4) is 5.75 Å². The van der Waals surface area contributed by atoms with Gasteiger partial charge in [0.15, 0.2) is 11.6 Å². The monoisotopic (exact) mass is 306 g/mol. The first-order valence-corrected chi connectivity index (χ1v) is 6.55. The molecule has 3 nitrogen and oxygen atoms in total. The van der Waals surface area contributed by atoms with Gasteiger partial charge < -0.3 is 4.18 Å². The van der Waals surface area contributed by atoms with Crippen molar-refractivity contribution in [3.05, 3.63) is 59.7 Å². The molecule has 0 atom stereocenters. The zero-order chi connectivity index (χ0) is 14.9. The fraction of sp³-hybridized carbons (Fsp3) is 0. The second-order valence-electron chi connectivity index (χ2n) is 3.69. The standard InChI is InChI=1S/C12H6F4O3S/c13-7-1-3-10(15)12(5-7)20(17,18)19-8-2-4-9(14)11(16)6-8/h1-6H. The summed E-state index contributed by atoms with van der Waals surface area (Å²) in [6.45, 7) is 0. The van der Waals surface area contributed by atoms with Crippen LogP contribution in [0.5, 0.6) is 5.75 Å². The van der Waals surface area contributed by atoms with Gasteiger partial charge in [0.2, 0.25) is 0 Å². The Morgan fingerprint density at radius 3 is 2.10 bits per heavy atom. The summed E-state index contributed by atoms with van der Waals surface area (Å²) in [6.07, 6.45) is 0. The van der Waals surface area contributed by atoms with E-state index >= 15 is 0 Å². The van der Waals surface area contributed by atoms with Gasteiger partial charge >= 0.3 is 10.1 Å². The third-order valence-electron chi connectivity index (χ3n) is 2.26. The molecule has 0 saturated heterocycles. The normalized spacial score (nSPS) is 11.4. The van der Waals surface area contributed by atoms with Crippen molar-refractivity contribution < 1.29 is 30.2 Å². The maximum absolute atomic E-state index is 13.4. The average Bonchev–Trinajstić information content (AvgIpc) is 2.36. The van der Waals surface area contributed by atoms with Crippen LogP contribution in [0, 0.1) is 23.3 Å². The number of hydrogen-bond acceptors (Lipinski definition) is 3. The van der Waals surface area contributed by atoms with Crippen molar-refractivity contribution in [2.45, 2.75) is 4.90 Å². The summed E-state index contributed by atoms with van der Waals surface area (Å²) in [7, 11) is -4.70. The van der Waals surface area contributed by atoms with E-state index in [0.29, 0.717) is 24.3 Å². The van der Waals surface area contributed by atoms with Gasteiger partial charge in [0.05, 0.1) is 0 Å². The molecular formula is C12H6F4O3S. The Morgan fingerprint density at radius 1 is 0.800 bits per heavy atom. The summed E-state index contributed by atoms with van der Waals surface area (Å²) < 4.78 is 79.8. The van der Waals surface area contributed by atoms with E-state index in [2.05, 4.69) is 4.18 Å². The molecule has 2 rings (SSSR count). The van der Waals surface area contributed by atoms with Crippen molar-refractivity contribution >= 4 is 10.1 Å². The minimum atomic E-state index is -4.70. The van der Waals surface area contributed by atoms with E-state index in [4.69, 9.17) is 0 Å². The molecule has 0 N–H and O–H groups in total. The van der Waals surface area contributed by atoms with Crippen molar-refractivity contribution in [2.24, 2.45) is 0 Å². The summed E-state index contributed by atoms with van der Waals surface area (Å²) in [5.41, 5.74) is 0. The van der Waals surface area contributed by atoms with Crippen LogP contribution >= 0.6 is 0 Å². The molecule has 2 aromatic rings. The van der Waals surface area contributed by atoms with Crippen molar-refractivity contribution in [2.75, 3.05) is 0 Å². The van der Waals surface area contributed by atoms with E-state index in [1.807, 2.05) is 0 Å². The van der Waals surface area contributed by atoms with Crippen LogP contribution in [0.4, 0.5) is 17.6 Å². The summed E-state index contributed by atoms with van der Waals surface area (Å²) >= 11 is 0. The Balaban J connectivity index is 2.40. The van der Waals surface area contributed by atoms with Crippen molar-refractivity contribution in [1.29, 1.82) is 0 Å². The number of hydrogen-bond donors (Lipinski definition) is 0. The molecule has 0 aliphatic carbocycles. The van der Waals surface area contributed by atoms with Crippen LogP contribution in [0.2, 0.25) is 0 Å². The first-order chi connectivity index (χ1) is 9.29. The van der Waals surface area contributed by atoms with Gasteiger partial charge in [0.25, 0.3) is 0 Å². The maximum Gasteiger partial charge on any atom is 0.342 e. The Bertz CT molecular complexity index is 759. The molecule has 106 valence electrons. The van der Waals surface area contributed by atoms with E-state index in [1.54, 1.807) is 0 Å². The molecule has 0 saturated carbocycles. The third-order valence-corrected chi connectivity index (χ3v) is 3.52. The van der Waals surface area contributed by atoms with Crippen LogP contribution in [-0.4, -0.2) is 8.42 Å². The highest BCUT2D eigenvalue weighted by atomic mass is 32.2. The van der Waals surface area contributed by atoms with E-state index in [-0.39, 0.29) is 0 Å². The van der Waals surface area contributed by atoms with E-state index < -0.39 is 44.0 Å². The van der Waals surface area contributed by atoms with Crippen molar-refractivity contribution in [1.82, 2.24) is 0 Å². The molecule has 0 heterocycles. The molecule has 0 aliphatic heterocycles. The minimum absolute atomic E-state index is 0.421. The molecular weight excluding hydrogens is 300 g/mol. The van der Waals surface area contributed by atoms with Crippen LogP contribution in [-0.2, 0) is 10.1 Å². The minimum Gasteiger partial charge on any atom is -0.379 e. The Morgan fingerprint density at radius 2 is 1.45 bits per heavy atom. The Hall–Kier alpha value is -2.09. The number of halogens is 4. The fourth-order valence-electron chi connectivity index (χ4n) is 1.37. The Labute approximate surface area is 111 Å². The molecule has 8 heteroatoms. The van der Waals surface area contributed by atoms with Crippen molar-refractivity contribution in [3.63, 3.8) is 0 Å². The summed E-state index contributed by atoms with van der Waals surface area (Å²) in [5, 5.41) is 0. The molecule has 0 fully saturated rings. The molecule has 0 bridgehead atoms. The van der Waals surface area contributed by atoms with Gasteiger partial charge in [-0.05, 0) is 30.3 Å². The quantitative estimate of drug-likeness (QED) is 0.647. The summed E-state index contributed by atoms with van der Waals surface area (Å²) in [6, 6.07) is 3.71. The molecule has 20 heavy (non-hydrogen) atoms. The topological polar surface area (TPSA) is 43.4 Å². The molecule has 2 aromatic carbocycles. The molecule has 0 amide bonds. The van der Waals surface area contributed by atoms with Gasteiger partial charge in [-0.2, -0.15) is 8.42 Å². The predicted molar refractivity (Wildman–Crippen MR) is 60.5 cm³/mol. The molecule has 0 aliphatic rings. The second-order valence-corrected chi connectivity index (χ2v) is 5.20. The predicted octanol–water partition coefficient (Wildman–Crippen LogP) is 3.01. The third kappa shape index (κ3) is 2.90. The summed E-state index contributed by atoms with van der Waals surface area (Å²) in [5.74, 6) is -5.32. The summed E-state index contributed by atoms with van der Waals surface area (Å²) in [4.78, 5) is -1.04. The zero-order valence-corrected chi connectivity index (χ0v) is 10.4. The fourth-order valence-corrected chi connectivity index (χ4v) is 2.38. The smallest absolute Gasteiger partial charge is 0.342 e. The van der Waals surface area contributed by atoms with E-state index in [9.17, 15) is 26.0 Å². The van der Waals surface area contributed by atoms with Gasteiger partial charge in [-0.25, -0.2) is 17.6 Å². The van der Waals surface area contributed by atoms with Crippen LogP contribution < -0.4 is 4.18 Å². The Kier molecular flexibility index (Phi) is 3.67. The van der Waals surface area contributed by atoms with Gasteiger partial charge in [-0.3, -0.25) is 0 Å². The van der Waals surface area contributed by atoms with Gasteiger partial charge in [0.1, 0.15) is 22.3 Å². The lowest BCUT2D eigenvalue weighted by atomic mass is 10.3. The SMILES string of the molecule is O=S(=O)(Oc1ccc(F)c(F)c1)c1cc(F)ccc1F. The maximum atomic E-state index is 13.4. The van der Waals surface area contributed by atoms with Crippen LogP contribution in [0.25, 0.3) is 0 Å². The van der Waals surface area contributed by atoms with Gasteiger partial charge in [-0.15, -0.1) is 0 Å². The number of rotatable bonds is 3. The second kappa shape index (κ2) is 5.12. The average molecular weight is 306 g/mol. The molecule has 0 unspecified atom stereocenters. The number of benzene rings is 2. The highest BCUT2D eigenvalue weighted by Gasteiger charge is 2.22. The van der Waals surface area contributed by atoms with Gasteiger partial charge in [0, 0.05) is 6.07 Å². The zero-order valence-electron chi connectivity index (χ0n) is 9.61. The van der Waals surface area contributed by atoms with Crippen LogP contribution in [0.15, 0.2) is 41.3 Å².